The van der Waals surface area contributed by atoms with Crippen molar-refractivity contribution < 1.29 is 9.47 Å². The molecule has 2 aliphatic rings. The quantitative estimate of drug-likeness (QED) is 0.791. The molecule has 0 amide bonds. The molecule has 1 aromatic carbocycles. The Balaban J connectivity index is 1.43. The van der Waals surface area contributed by atoms with Gasteiger partial charge in [0.05, 0.1) is 19.3 Å². The van der Waals surface area contributed by atoms with E-state index in [1.807, 2.05) is 0 Å². The molecule has 1 saturated carbocycles. The molecule has 3 heteroatoms. The maximum atomic E-state index is 5.84. The van der Waals surface area contributed by atoms with Gasteiger partial charge in [0.25, 0.3) is 0 Å². The second kappa shape index (κ2) is 7.21. The summed E-state index contributed by atoms with van der Waals surface area (Å²) in [5.41, 5.74) is 2.73. The van der Waals surface area contributed by atoms with Crippen LogP contribution in [0.2, 0.25) is 0 Å². The third-order valence-corrected chi connectivity index (χ3v) is 4.11. The van der Waals surface area contributed by atoms with Gasteiger partial charge in [-0.25, -0.2) is 0 Å². The molecule has 1 unspecified atom stereocenters. The number of hydrogen-bond acceptors (Lipinski definition) is 3. The smallest absolute Gasteiger partial charge is 0.0809 e. The van der Waals surface area contributed by atoms with Crippen molar-refractivity contribution in [3.8, 4) is 0 Å². The Morgan fingerprint density at radius 3 is 2.75 bits per heavy atom. The summed E-state index contributed by atoms with van der Waals surface area (Å²) in [7, 11) is 0. The molecule has 1 N–H and O–H groups in total. The molecular formula is C17H25NO2. The van der Waals surface area contributed by atoms with Crippen LogP contribution < -0.4 is 5.32 Å². The normalized spacial score (nSPS) is 22.3. The summed E-state index contributed by atoms with van der Waals surface area (Å²) in [5, 5.41) is 3.57. The zero-order valence-corrected chi connectivity index (χ0v) is 12.1. The summed E-state index contributed by atoms with van der Waals surface area (Å²) >= 11 is 0. The maximum Gasteiger partial charge on any atom is 0.0809 e. The fourth-order valence-electron chi connectivity index (χ4n) is 2.72. The lowest BCUT2D eigenvalue weighted by Gasteiger charge is -2.13. The van der Waals surface area contributed by atoms with E-state index in [0.717, 1.165) is 38.6 Å². The van der Waals surface area contributed by atoms with Gasteiger partial charge >= 0.3 is 0 Å². The van der Waals surface area contributed by atoms with Crippen molar-refractivity contribution in [2.45, 2.75) is 50.9 Å². The third kappa shape index (κ3) is 4.30. The number of benzene rings is 1. The van der Waals surface area contributed by atoms with Crippen LogP contribution in [0.1, 0.15) is 36.8 Å². The molecule has 3 rings (SSSR count). The van der Waals surface area contributed by atoms with Crippen molar-refractivity contribution in [3.63, 3.8) is 0 Å². The van der Waals surface area contributed by atoms with E-state index in [1.54, 1.807) is 0 Å². The SMILES string of the molecule is c1ccc(COCC2CCCO2)c(CCNC2CC2)c1. The van der Waals surface area contributed by atoms with E-state index in [4.69, 9.17) is 9.47 Å². The van der Waals surface area contributed by atoms with Gasteiger partial charge in [0.15, 0.2) is 0 Å². The first kappa shape index (κ1) is 14.1. The van der Waals surface area contributed by atoms with Crippen LogP contribution in [0, 0.1) is 0 Å². The largest absolute Gasteiger partial charge is 0.376 e. The Hall–Kier alpha value is -0.900. The predicted octanol–water partition coefficient (Wildman–Crippen LogP) is 2.68. The lowest BCUT2D eigenvalue weighted by molar-refractivity contribution is 0.0104. The number of nitrogens with one attached hydrogen (secondary N) is 1. The van der Waals surface area contributed by atoms with Gasteiger partial charge in [0.2, 0.25) is 0 Å². The van der Waals surface area contributed by atoms with Crippen molar-refractivity contribution in [2.75, 3.05) is 19.8 Å². The summed E-state index contributed by atoms with van der Waals surface area (Å²) in [6.07, 6.45) is 6.44. The van der Waals surface area contributed by atoms with E-state index in [2.05, 4.69) is 29.6 Å². The van der Waals surface area contributed by atoms with Crippen LogP contribution >= 0.6 is 0 Å². The molecule has 20 heavy (non-hydrogen) atoms. The Labute approximate surface area is 121 Å². The molecule has 0 spiro atoms. The summed E-state index contributed by atoms with van der Waals surface area (Å²) < 4.78 is 11.4. The van der Waals surface area contributed by atoms with Crippen LogP contribution in [0.15, 0.2) is 24.3 Å². The minimum atomic E-state index is 0.318. The molecule has 1 saturated heterocycles. The van der Waals surface area contributed by atoms with Crippen LogP contribution in [0.4, 0.5) is 0 Å². The van der Waals surface area contributed by atoms with Crippen molar-refractivity contribution in [1.82, 2.24) is 5.32 Å². The van der Waals surface area contributed by atoms with Gasteiger partial charge in [0.1, 0.15) is 0 Å². The first-order valence-corrected chi connectivity index (χ1v) is 7.91. The maximum absolute atomic E-state index is 5.84. The van der Waals surface area contributed by atoms with Gasteiger partial charge in [-0.1, -0.05) is 24.3 Å². The van der Waals surface area contributed by atoms with E-state index in [0.29, 0.717) is 12.7 Å². The average molecular weight is 275 g/mol. The summed E-state index contributed by atoms with van der Waals surface area (Å²) in [6, 6.07) is 9.41. The van der Waals surface area contributed by atoms with Crippen LogP contribution in [-0.4, -0.2) is 31.9 Å². The molecular weight excluding hydrogens is 250 g/mol. The van der Waals surface area contributed by atoms with Crippen LogP contribution in [0.5, 0.6) is 0 Å². The molecule has 1 aliphatic carbocycles. The lowest BCUT2D eigenvalue weighted by atomic mass is 10.1. The second-order valence-corrected chi connectivity index (χ2v) is 5.90. The Kier molecular flexibility index (Phi) is 5.06. The molecule has 2 fully saturated rings. The Morgan fingerprint density at radius 1 is 1.15 bits per heavy atom. The highest BCUT2D eigenvalue weighted by molar-refractivity contribution is 5.26. The third-order valence-electron chi connectivity index (χ3n) is 4.11. The first-order valence-electron chi connectivity index (χ1n) is 7.91. The zero-order valence-electron chi connectivity index (χ0n) is 12.1. The standard InChI is InChI=1S/C17H25NO2/c1-2-5-15(12-19-13-17-6-3-11-20-17)14(4-1)9-10-18-16-7-8-16/h1-2,4-5,16-18H,3,6-13H2. The molecule has 1 heterocycles. The molecule has 1 atom stereocenters. The van der Waals surface area contributed by atoms with E-state index in [9.17, 15) is 0 Å². The summed E-state index contributed by atoms with van der Waals surface area (Å²) in [6.45, 7) is 3.42. The fourth-order valence-corrected chi connectivity index (χ4v) is 2.72. The minimum Gasteiger partial charge on any atom is -0.376 e. The monoisotopic (exact) mass is 275 g/mol. The van der Waals surface area contributed by atoms with E-state index in [1.165, 1.54) is 30.4 Å². The van der Waals surface area contributed by atoms with Crippen molar-refractivity contribution >= 4 is 0 Å². The van der Waals surface area contributed by atoms with Crippen molar-refractivity contribution in [2.24, 2.45) is 0 Å². The number of rotatable bonds is 8. The topological polar surface area (TPSA) is 30.5 Å². The highest BCUT2D eigenvalue weighted by atomic mass is 16.5. The predicted molar refractivity (Wildman–Crippen MR) is 79.8 cm³/mol. The number of hydrogen-bond donors (Lipinski definition) is 1. The summed E-state index contributed by atoms with van der Waals surface area (Å²) in [4.78, 5) is 0. The number of ether oxygens (including phenoxy) is 2. The van der Waals surface area contributed by atoms with E-state index < -0.39 is 0 Å². The molecule has 0 radical (unpaired) electrons. The van der Waals surface area contributed by atoms with Crippen molar-refractivity contribution in [1.29, 1.82) is 0 Å². The Morgan fingerprint density at radius 2 is 2.00 bits per heavy atom. The van der Waals surface area contributed by atoms with Gasteiger partial charge in [-0.05, 0) is 49.8 Å². The Bertz CT molecular complexity index is 411. The van der Waals surface area contributed by atoms with E-state index >= 15 is 0 Å². The molecule has 1 aliphatic heterocycles. The molecule has 0 bridgehead atoms. The highest BCUT2D eigenvalue weighted by Gasteiger charge is 2.19. The van der Waals surface area contributed by atoms with Crippen molar-refractivity contribution in [3.05, 3.63) is 35.4 Å². The van der Waals surface area contributed by atoms with Crippen LogP contribution in [0.25, 0.3) is 0 Å². The average Bonchev–Trinajstić information content (AvgIpc) is 3.15. The summed E-state index contributed by atoms with van der Waals surface area (Å²) in [5.74, 6) is 0. The lowest BCUT2D eigenvalue weighted by Crippen LogP contribution is -2.20. The first-order chi connectivity index (χ1) is 9.92. The van der Waals surface area contributed by atoms with Gasteiger partial charge in [0, 0.05) is 12.6 Å². The highest BCUT2D eigenvalue weighted by Crippen LogP contribution is 2.19. The molecule has 0 aromatic heterocycles. The van der Waals surface area contributed by atoms with Gasteiger partial charge in [-0.15, -0.1) is 0 Å². The van der Waals surface area contributed by atoms with Gasteiger partial charge in [-0.3, -0.25) is 0 Å². The van der Waals surface area contributed by atoms with Crippen LogP contribution in [-0.2, 0) is 22.5 Å². The van der Waals surface area contributed by atoms with Crippen LogP contribution in [0.3, 0.4) is 0 Å². The fraction of sp³-hybridized carbons (Fsp3) is 0.647. The minimum absolute atomic E-state index is 0.318. The van der Waals surface area contributed by atoms with Gasteiger partial charge in [-0.2, -0.15) is 0 Å². The second-order valence-electron chi connectivity index (χ2n) is 5.90. The zero-order chi connectivity index (χ0) is 13.6. The molecule has 1 aromatic rings. The molecule has 3 nitrogen and oxygen atoms in total. The molecule has 110 valence electrons. The van der Waals surface area contributed by atoms with E-state index in [-0.39, 0.29) is 0 Å². The van der Waals surface area contributed by atoms with Gasteiger partial charge < -0.3 is 14.8 Å².